The van der Waals surface area contributed by atoms with E-state index in [9.17, 15) is 4.79 Å². The van der Waals surface area contributed by atoms with Crippen LogP contribution < -0.4 is 10.6 Å². The Kier molecular flexibility index (Phi) is 4.22. The number of amides is 1. The molecule has 2 N–H and O–H groups in total. The van der Waals surface area contributed by atoms with Crippen LogP contribution in [0.4, 0.5) is 0 Å². The Bertz CT molecular complexity index is 242. The third-order valence-electron chi connectivity index (χ3n) is 4.02. The number of hydrogen-bond acceptors (Lipinski definition) is 2. The molecule has 0 bridgehead atoms. The van der Waals surface area contributed by atoms with Crippen LogP contribution in [0, 0.1) is 5.92 Å². The van der Waals surface area contributed by atoms with Crippen LogP contribution in [0.25, 0.3) is 0 Å². The van der Waals surface area contributed by atoms with E-state index in [1.807, 2.05) is 0 Å². The standard InChI is InChI=1S/C13H24N2O/c1-2-9-14-13(16)12-8-7-10-5-3-4-6-11(10)15-12/h10-12,15H,2-9H2,1H3,(H,14,16). The topological polar surface area (TPSA) is 41.1 Å². The van der Waals surface area contributed by atoms with Gasteiger partial charge in [0.05, 0.1) is 6.04 Å². The molecule has 1 saturated heterocycles. The predicted octanol–water partition coefficient (Wildman–Crippen LogP) is 1.82. The highest BCUT2D eigenvalue weighted by molar-refractivity contribution is 5.81. The minimum Gasteiger partial charge on any atom is -0.355 e. The van der Waals surface area contributed by atoms with Gasteiger partial charge in [-0.3, -0.25) is 4.79 Å². The van der Waals surface area contributed by atoms with Gasteiger partial charge in [0.15, 0.2) is 0 Å². The average molecular weight is 224 g/mol. The number of carbonyl (C=O) groups excluding carboxylic acids is 1. The highest BCUT2D eigenvalue weighted by Gasteiger charge is 2.34. The summed E-state index contributed by atoms with van der Waals surface area (Å²) in [6.07, 6.45) is 8.62. The van der Waals surface area contributed by atoms with Gasteiger partial charge < -0.3 is 10.6 Å². The zero-order valence-electron chi connectivity index (χ0n) is 10.3. The summed E-state index contributed by atoms with van der Waals surface area (Å²) in [4.78, 5) is 11.9. The molecular weight excluding hydrogens is 200 g/mol. The summed E-state index contributed by atoms with van der Waals surface area (Å²) in [6.45, 7) is 2.90. The second-order valence-electron chi connectivity index (χ2n) is 5.24. The molecule has 3 nitrogen and oxygen atoms in total. The van der Waals surface area contributed by atoms with Crippen LogP contribution in [-0.2, 0) is 4.79 Å². The Balaban J connectivity index is 1.82. The Morgan fingerprint density at radius 2 is 2.06 bits per heavy atom. The summed E-state index contributed by atoms with van der Waals surface area (Å²) in [7, 11) is 0. The van der Waals surface area contributed by atoms with Crippen molar-refractivity contribution in [2.45, 2.75) is 64.0 Å². The van der Waals surface area contributed by atoms with Crippen LogP contribution in [0.3, 0.4) is 0 Å². The molecule has 16 heavy (non-hydrogen) atoms. The minimum atomic E-state index is 0.0749. The first kappa shape index (κ1) is 11.9. The molecule has 92 valence electrons. The van der Waals surface area contributed by atoms with E-state index in [-0.39, 0.29) is 11.9 Å². The average Bonchev–Trinajstić information content (AvgIpc) is 2.35. The van der Waals surface area contributed by atoms with Crippen LogP contribution in [0.1, 0.15) is 51.9 Å². The SMILES string of the molecule is CCCNC(=O)C1CCC2CCCCC2N1. The van der Waals surface area contributed by atoms with Crippen molar-refractivity contribution in [3.63, 3.8) is 0 Å². The van der Waals surface area contributed by atoms with Crippen molar-refractivity contribution in [3.8, 4) is 0 Å². The lowest BCUT2D eigenvalue weighted by Crippen LogP contribution is -2.54. The van der Waals surface area contributed by atoms with Crippen molar-refractivity contribution in [1.82, 2.24) is 10.6 Å². The molecule has 1 aliphatic heterocycles. The molecule has 1 heterocycles. The van der Waals surface area contributed by atoms with Gasteiger partial charge in [-0.25, -0.2) is 0 Å². The maximum absolute atomic E-state index is 11.9. The normalized spacial score (nSPS) is 34.2. The summed E-state index contributed by atoms with van der Waals surface area (Å²) in [5.41, 5.74) is 0. The molecule has 0 radical (unpaired) electrons. The Hall–Kier alpha value is -0.570. The molecule has 2 rings (SSSR count). The van der Waals surface area contributed by atoms with Gasteiger partial charge in [-0.05, 0) is 38.0 Å². The molecule has 0 aromatic heterocycles. The van der Waals surface area contributed by atoms with E-state index in [4.69, 9.17) is 0 Å². The Labute approximate surface area is 98.4 Å². The lowest BCUT2D eigenvalue weighted by Gasteiger charge is -2.39. The van der Waals surface area contributed by atoms with Crippen molar-refractivity contribution in [1.29, 1.82) is 0 Å². The summed E-state index contributed by atoms with van der Waals surface area (Å²) in [5.74, 6) is 1.05. The number of rotatable bonds is 3. The molecule has 3 heteroatoms. The van der Waals surface area contributed by atoms with E-state index < -0.39 is 0 Å². The maximum Gasteiger partial charge on any atom is 0.237 e. The number of hydrogen-bond donors (Lipinski definition) is 2. The maximum atomic E-state index is 11.9. The molecule has 1 saturated carbocycles. The second kappa shape index (κ2) is 5.67. The van der Waals surface area contributed by atoms with E-state index in [0.29, 0.717) is 6.04 Å². The lowest BCUT2D eigenvalue weighted by molar-refractivity contribution is -0.124. The third-order valence-corrected chi connectivity index (χ3v) is 4.02. The first-order chi connectivity index (χ1) is 7.81. The van der Waals surface area contributed by atoms with Gasteiger partial charge in [0, 0.05) is 12.6 Å². The molecule has 0 spiro atoms. The summed E-state index contributed by atoms with van der Waals surface area (Å²) in [6, 6.07) is 0.686. The Morgan fingerprint density at radius 3 is 2.88 bits per heavy atom. The molecule has 2 aliphatic rings. The Morgan fingerprint density at radius 1 is 1.25 bits per heavy atom. The van der Waals surface area contributed by atoms with Crippen LogP contribution >= 0.6 is 0 Å². The van der Waals surface area contributed by atoms with Crippen LogP contribution in [0.5, 0.6) is 0 Å². The van der Waals surface area contributed by atoms with E-state index in [1.54, 1.807) is 0 Å². The second-order valence-corrected chi connectivity index (χ2v) is 5.24. The highest BCUT2D eigenvalue weighted by atomic mass is 16.2. The zero-order valence-corrected chi connectivity index (χ0v) is 10.3. The summed E-state index contributed by atoms with van der Waals surface area (Å²) >= 11 is 0. The first-order valence-electron chi connectivity index (χ1n) is 6.85. The monoisotopic (exact) mass is 224 g/mol. The number of fused-ring (bicyclic) bond motifs is 1. The highest BCUT2D eigenvalue weighted by Crippen LogP contribution is 2.32. The fraction of sp³-hybridized carbons (Fsp3) is 0.923. The van der Waals surface area contributed by atoms with Gasteiger partial charge in [-0.15, -0.1) is 0 Å². The first-order valence-corrected chi connectivity index (χ1v) is 6.85. The number of piperidine rings is 1. The predicted molar refractivity (Wildman–Crippen MR) is 65.2 cm³/mol. The van der Waals surface area contributed by atoms with Crippen molar-refractivity contribution in [2.75, 3.05) is 6.54 Å². The van der Waals surface area contributed by atoms with Crippen molar-refractivity contribution >= 4 is 5.91 Å². The van der Waals surface area contributed by atoms with E-state index in [0.717, 1.165) is 25.3 Å². The molecule has 1 aliphatic carbocycles. The van der Waals surface area contributed by atoms with Crippen LogP contribution in [0.2, 0.25) is 0 Å². The van der Waals surface area contributed by atoms with Crippen molar-refractivity contribution in [2.24, 2.45) is 5.92 Å². The van der Waals surface area contributed by atoms with Gasteiger partial charge in [0.1, 0.15) is 0 Å². The zero-order chi connectivity index (χ0) is 11.4. The third kappa shape index (κ3) is 2.76. The molecule has 2 fully saturated rings. The van der Waals surface area contributed by atoms with Crippen LogP contribution in [0.15, 0.2) is 0 Å². The molecule has 3 atom stereocenters. The smallest absolute Gasteiger partial charge is 0.237 e. The summed E-state index contributed by atoms with van der Waals surface area (Å²) < 4.78 is 0. The van der Waals surface area contributed by atoms with Crippen LogP contribution in [-0.4, -0.2) is 24.5 Å². The molecule has 3 unspecified atom stereocenters. The molecule has 0 aromatic carbocycles. The van der Waals surface area contributed by atoms with Gasteiger partial charge >= 0.3 is 0 Å². The quantitative estimate of drug-likeness (QED) is 0.768. The van der Waals surface area contributed by atoms with Gasteiger partial charge in [-0.2, -0.15) is 0 Å². The van der Waals surface area contributed by atoms with Crippen molar-refractivity contribution in [3.05, 3.63) is 0 Å². The van der Waals surface area contributed by atoms with Crippen molar-refractivity contribution < 1.29 is 4.79 Å². The van der Waals surface area contributed by atoms with E-state index in [1.165, 1.54) is 32.1 Å². The van der Waals surface area contributed by atoms with Gasteiger partial charge in [-0.1, -0.05) is 19.8 Å². The number of carbonyl (C=O) groups is 1. The largest absolute Gasteiger partial charge is 0.355 e. The fourth-order valence-corrected chi connectivity index (χ4v) is 3.07. The van der Waals surface area contributed by atoms with Gasteiger partial charge in [0.2, 0.25) is 5.91 Å². The van der Waals surface area contributed by atoms with E-state index in [2.05, 4.69) is 17.6 Å². The summed E-state index contributed by atoms with van der Waals surface area (Å²) in [5, 5.41) is 6.55. The minimum absolute atomic E-state index is 0.0749. The fourth-order valence-electron chi connectivity index (χ4n) is 3.07. The molecule has 0 aromatic rings. The number of nitrogens with one attached hydrogen (secondary N) is 2. The van der Waals surface area contributed by atoms with E-state index >= 15 is 0 Å². The van der Waals surface area contributed by atoms with Gasteiger partial charge in [0.25, 0.3) is 0 Å². The molecular formula is C13H24N2O. The molecule has 1 amide bonds. The lowest BCUT2D eigenvalue weighted by atomic mass is 9.77.